The summed E-state index contributed by atoms with van der Waals surface area (Å²) in [4.78, 5) is 0. The average molecular weight is 257 g/mol. The Kier molecular flexibility index (Phi) is 4.65. The van der Waals surface area contributed by atoms with Gasteiger partial charge in [0.2, 0.25) is 0 Å². The molecule has 8 heteroatoms. The van der Waals surface area contributed by atoms with Crippen LogP contribution in [0.5, 0.6) is 0 Å². The van der Waals surface area contributed by atoms with E-state index in [1.165, 1.54) is 0 Å². The minimum Gasteiger partial charge on any atom is -0.772 e. The van der Waals surface area contributed by atoms with Crippen molar-refractivity contribution < 1.29 is 26.5 Å². The van der Waals surface area contributed by atoms with Gasteiger partial charge < -0.3 is 9.66 Å². The van der Waals surface area contributed by atoms with Crippen molar-refractivity contribution in [2.45, 2.75) is 29.8 Å². The molecular weight excluding hydrogens is 244 g/mol. The molecule has 3 unspecified atom stereocenters. The number of hydrogen-bond donors (Lipinski definition) is 1. The van der Waals surface area contributed by atoms with E-state index in [0.29, 0.717) is 6.42 Å². The molecule has 1 aliphatic heterocycles. The van der Waals surface area contributed by atoms with Crippen LogP contribution in [0, 0.1) is 0 Å². The average Bonchev–Trinajstić information content (AvgIpc) is 2.45. The fourth-order valence-corrected chi connectivity index (χ4v) is 3.68. The highest BCUT2D eigenvalue weighted by atomic mass is 32.2. The van der Waals surface area contributed by atoms with E-state index in [9.17, 15) is 17.2 Å². The number of aliphatic hydroxyl groups is 1. The van der Waals surface area contributed by atoms with Crippen LogP contribution in [0.4, 0.5) is 0 Å². The first-order chi connectivity index (χ1) is 6.97. The van der Waals surface area contributed by atoms with E-state index in [1.54, 1.807) is 0 Å². The highest BCUT2D eigenvalue weighted by Crippen LogP contribution is 2.24. The Morgan fingerprint density at radius 2 is 2.27 bits per heavy atom. The normalized spacial score (nSPS) is 28.8. The molecule has 1 saturated heterocycles. The van der Waals surface area contributed by atoms with Crippen LogP contribution in [-0.4, -0.2) is 46.0 Å². The van der Waals surface area contributed by atoms with Gasteiger partial charge in [-0.3, -0.25) is 8.39 Å². The molecule has 1 fully saturated rings. The van der Waals surface area contributed by atoms with E-state index >= 15 is 0 Å². The Labute approximate surface area is 91.0 Å². The fraction of sp³-hybridized carbons (Fsp3) is 1.00. The van der Waals surface area contributed by atoms with E-state index in [0.717, 1.165) is 0 Å². The molecular formula is C7H13O6S2-. The topological polar surface area (TPSA) is 104 Å². The lowest BCUT2D eigenvalue weighted by molar-refractivity contribution is 0.282. The van der Waals surface area contributed by atoms with Gasteiger partial charge in [0.05, 0.1) is 11.9 Å². The maximum absolute atomic E-state index is 11.2. The molecule has 1 heterocycles. The van der Waals surface area contributed by atoms with Gasteiger partial charge in [-0.05, 0) is 19.3 Å². The molecule has 0 bridgehead atoms. The van der Waals surface area contributed by atoms with Crippen LogP contribution in [0.25, 0.3) is 0 Å². The Morgan fingerprint density at radius 1 is 1.60 bits per heavy atom. The van der Waals surface area contributed by atoms with Crippen LogP contribution in [0.2, 0.25) is 0 Å². The van der Waals surface area contributed by atoms with E-state index in [2.05, 4.69) is 4.18 Å². The van der Waals surface area contributed by atoms with E-state index in [4.69, 9.17) is 5.11 Å². The molecule has 1 N–H and O–H groups in total. The summed E-state index contributed by atoms with van der Waals surface area (Å²) >= 11 is -2.36. The van der Waals surface area contributed by atoms with Gasteiger partial charge in [-0.2, -0.15) is 8.42 Å². The molecule has 0 aromatic heterocycles. The molecule has 0 aromatic rings. The van der Waals surface area contributed by atoms with Crippen LogP contribution >= 0.6 is 0 Å². The Morgan fingerprint density at radius 3 is 2.67 bits per heavy atom. The summed E-state index contributed by atoms with van der Waals surface area (Å²) < 4.78 is 48.5. The minimum absolute atomic E-state index is 0.000988. The second kappa shape index (κ2) is 5.35. The minimum atomic E-state index is -3.59. The summed E-state index contributed by atoms with van der Waals surface area (Å²) in [5, 5.41) is 7.06. The Balaban J connectivity index is 2.62. The van der Waals surface area contributed by atoms with Gasteiger partial charge in [-0.25, -0.2) is 0 Å². The summed E-state index contributed by atoms with van der Waals surface area (Å²) in [5.74, 6) is 0. The van der Waals surface area contributed by atoms with Crippen molar-refractivity contribution in [1.82, 2.24) is 0 Å². The van der Waals surface area contributed by atoms with Gasteiger partial charge >= 0.3 is 0 Å². The lowest BCUT2D eigenvalue weighted by Gasteiger charge is -2.20. The maximum Gasteiger partial charge on any atom is 0.270 e. The Hall–Kier alpha value is -0.0200. The lowest BCUT2D eigenvalue weighted by atomic mass is 10.1. The van der Waals surface area contributed by atoms with Crippen LogP contribution < -0.4 is 0 Å². The largest absolute Gasteiger partial charge is 0.772 e. The first-order valence-electron chi connectivity index (χ1n) is 4.54. The predicted molar refractivity (Wildman–Crippen MR) is 52.3 cm³/mol. The molecule has 0 saturated carbocycles. The zero-order valence-corrected chi connectivity index (χ0v) is 9.63. The third kappa shape index (κ3) is 3.49. The zero-order chi connectivity index (χ0) is 11.5. The van der Waals surface area contributed by atoms with Gasteiger partial charge in [0.15, 0.2) is 0 Å². The molecule has 1 rings (SSSR count). The van der Waals surface area contributed by atoms with Crippen LogP contribution in [0.1, 0.15) is 19.3 Å². The first kappa shape index (κ1) is 13.0. The Bertz CT molecular complexity index is 324. The summed E-state index contributed by atoms with van der Waals surface area (Å²) in [6, 6.07) is 0. The van der Waals surface area contributed by atoms with Gasteiger partial charge in [0.1, 0.15) is 0 Å². The van der Waals surface area contributed by atoms with Crippen molar-refractivity contribution in [1.29, 1.82) is 0 Å². The second-order valence-corrected chi connectivity index (χ2v) is 6.43. The summed E-state index contributed by atoms with van der Waals surface area (Å²) in [5.41, 5.74) is 0. The monoisotopic (exact) mass is 257 g/mol. The zero-order valence-electron chi connectivity index (χ0n) is 8.00. The van der Waals surface area contributed by atoms with Crippen molar-refractivity contribution in [2.75, 3.05) is 13.2 Å². The van der Waals surface area contributed by atoms with Crippen molar-refractivity contribution in [3.63, 3.8) is 0 Å². The number of hydrogen-bond acceptors (Lipinski definition) is 6. The summed E-state index contributed by atoms with van der Waals surface area (Å²) in [6.45, 7) is -0.156. The van der Waals surface area contributed by atoms with E-state index < -0.39 is 31.7 Å². The molecule has 0 amide bonds. The summed E-state index contributed by atoms with van der Waals surface area (Å²) in [7, 11) is -3.59. The molecule has 6 nitrogen and oxygen atoms in total. The molecule has 3 atom stereocenters. The van der Waals surface area contributed by atoms with Crippen LogP contribution in [0.3, 0.4) is 0 Å². The third-order valence-electron chi connectivity index (χ3n) is 2.34. The molecule has 0 spiro atoms. The smallest absolute Gasteiger partial charge is 0.270 e. The van der Waals surface area contributed by atoms with Crippen molar-refractivity contribution in [2.24, 2.45) is 0 Å². The number of aliphatic hydroxyl groups excluding tert-OH is 1. The van der Waals surface area contributed by atoms with Crippen molar-refractivity contribution in [3.8, 4) is 0 Å². The molecule has 90 valence electrons. The van der Waals surface area contributed by atoms with Crippen molar-refractivity contribution >= 4 is 21.2 Å². The van der Waals surface area contributed by atoms with E-state index in [1.807, 2.05) is 0 Å². The molecule has 15 heavy (non-hydrogen) atoms. The molecule has 1 aliphatic rings. The quantitative estimate of drug-likeness (QED) is 0.507. The SMILES string of the molecule is O=S([O-])C(CCO)CC1CCOS1(=O)=O. The molecule has 0 radical (unpaired) electrons. The van der Waals surface area contributed by atoms with Crippen molar-refractivity contribution in [3.05, 3.63) is 0 Å². The standard InChI is InChI=1S/C7H14O6S2/c8-3-1-6(14(9)10)5-7-2-4-13-15(7,11)12/h6-8H,1-5H2,(H,9,10)/p-1. The maximum atomic E-state index is 11.2. The van der Waals surface area contributed by atoms with Gasteiger partial charge in [0.25, 0.3) is 10.1 Å². The molecule has 0 aromatic carbocycles. The van der Waals surface area contributed by atoms with E-state index in [-0.39, 0.29) is 26.1 Å². The van der Waals surface area contributed by atoms with Gasteiger partial charge in [-0.15, -0.1) is 0 Å². The molecule has 0 aliphatic carbocycles. The van der Waals surface area contributed by atoms with Crippen LogP contribution in [0.15, 0.2) is 0 Å². The van der Waals surface area contributed by atoms with Crippen LogP contribution in [-0.2, 0) is 25.4 Å². The third-order valence-corrected chi connectivity index (χ3v) is 5.06. The highest BCUT2D eigenvalue weighted by molar-refractivity contribution is 7.87. The first-order valence-corrected chi connectivity index (χ1v) is 7.15. The van der Waals surface area contributed by atoms with Gasteiger partial charge in [0, 0.05) is 11.9 Å². The predicted octanol–water partition coefficient (Wildman–Crippen LogP) is -0.875. The lowest BCUT2D eigenvalue weighted by Crippen LogP contribution is -2.26. The number of rotatable bonds is 5. The second-order valence-electron chi connectivity index (χ2n) is 3.36. The summed E-state index contributed by atoms with van der Waals surface area (Å²) in [6.07, 6.45) is 0.378. The fourth-order valence-electron chi connectivity index (χ4n) is 1.50. The highest BCUT2D eigenvalue weighted by Gasteiger charge is 2.34. The van der Waals surface area contributed by atoms with Gasteiger partial charge in [-0.1, -0.05) is 11.1 Å².